The summed E-state index contributed by atoms with van der Waals surface area (Å²) in [4.78, 5) is 11.4. The number of nitrogens with one attached hydrogen (secondary N) is 2. The van der Waals surface area contributed by atoms with Gasteiger partial charge in [-0.1, -0.05) is 12.1 Å². The van der Waals surface area contributed by atoms with E-state index in [1.54, 1.807) is 0 Å². The molecule has 2 N–H and O–H groups in total. The van der Waals surface area contributed by atoms with Crippen LogP contribution in [0.2, 0.25) is 0 Å². The van der Waals surface area contributed by atoms with Crippen molar-refractivity contribution in [2.24, 2.45) is 5.92 Å². The second-order valence-electron chi connectivity index (χ2n) is 5.36. The minimum Gasteiger partial charge on any atom is -0.355 e. The lowest BCUT2D eigenvalue weighted by Crippen LogP contribution is -2.33. The Kier molecular flexibility index (Phi) is 4.88. The van der Waals surface area contributed by atoms with Gasteiger partial charge in [0.1, 0.15) is 0 Å². The number of benzene rings is 1. The summed E-state index contributed by atoms with van der Waals surface area (Å²) in [7, 11) is 0. The van der Waals surface area contributed by atoms with Gasteiger partial charge in [-0.3, -0.25) is 4.79 Å². The van der Waals surface area contributed by atoms with Crippen molar-refractivity contribution in [1.29, 1.82) is 0 Å². The van der Waals surface area contributed by atoms with Crippen LogP contribution in [0.4, 0.5) is 13.2 Å². The fourth-order valence-corrected chi connectivity index (χ4v) is 2.04. The van der Waals surface area contributed by atoms with Crippen LogP contribution in [0.25, 0.3) is 0 Å². The molecule has 0 aliphatic heterocycles. The largest absolute Gasteiger partial charge is 0.416 e. The molecule has 0 radical (unpaired) electrons. The van der Waals surface area contributed by atoms with E-state index in [0.717, 1.165) is 30.5 Å². The van der Waals surface area contributed by atoms with Gasteiger partial charge in [-0.05, 0) is 37.5 Å². The van der Waals surface area contributed by atoms with E-state index < -0.39 is 11.7 Å². The maximum absolute atomic E-state index is 12.5. The Balaban J connectivity index is 1.74. The van der Waals surface area contributed by atoms with Crippen molar-refractivity contribution in [2.75, 3.05) is 13.1 Å². The number of alkyl halides is 3. The minimum atomic E-state index is -4.30. The van der Waals surface area contributed by atoms with Gasteiger partial charge in [0, 0.05) is 25.0 Å². The van der Waals surface area contributed by atoms with Crippen LogP contribution in [0.5, 0.6) is 0 Å². The highest BCUT2D eigenvalue weighted by atomic mass is 19.4. The predicted molar refractivity (Wildman–Crippen MR) is 73.6 cm³/mol. The number of amides is 1. The average molecular weight is 300 g/mol. The zero-order valence-electron chi connectivity index (χ0n) is 11.8. The van der Waals surface area contributed by atoms with E-state index in [0.29, 0.717) is 13.1 Å². The molecule has 0 heterocycles. The second kappa shape index (κ2) is 6.47. The molecule has 1 amide bonds. The smallest absolute Gasteiger partial charge is 0.355 e. The Morgan fingerprint density at radius 3 is 2.38 bits per heavy atom. The first-order chi connectivity index (χ1) is 9.88. The lowest BCUT2D eigenvalue weighted by Gasteiger charge is -2.15. The zero-order valence-corrected chi connectivity index (χ0v) is 11.8. The standard InChI is InChI=1S/C15H19F3N2O/c1-10(19-8-9-20-14(21)12-2-3-12)11-4-6-13(7-5-11)15(16,17)18/h4-7,10,12,19H,2-3,8-9H2,1H3,(H,20,21). The first kappa shape index (κ1) is 15.8. The van der Waals surface area contributed by atoms with Gasteiger partial charge >= 0.3 is 6.18 Å². The first-order valence-electron chi connectivity index (χ1n) is 7.06. The molecule has 1 aromatic carbocycles. The summed E-state index contributed by atoms with van der Waals surface area (Å²) in [6.07, 6.45) is -2.36. The molecule has 3 nitrogen and oxygen atoms in total. The number of rotatable bonds is 6. The molecule has 0 bridgehead atoms. The normalized spacial score (nSPS) is 16.6. The molecule has 21 heavy (non-hydrogen) atoms. The molecule has 116 valence electrons. The number of hydrogen-bond donors (Lipinski definition) is 2. The van der Waals surface area contributed by atoms with Crippen LogP contribution >= 0.6 is 0 Å². The molecule has 1 atom stereocenters. The van der Waals surface area contributed by atoms with Gasteiger partial charge in [0.15, 0.2) is 0 Å². The number of carbonyl (C=O) groups excluding carboxylic acids is 1. The van der Waals surface area contributed by atoms with Gasteiger partial charge < -0.3 is 10.6 Å². The monoisotopic (exact) mass is 300 g/mol. The van der Waals surface area contributed by atoms with Gasteiger partial charge in [-0.2, -0.15) is 13.2 Å². The molecule has 1 fully saturated rings. The average Bonchev–Trinajstić information content (AvgIpc) is 3.27. The van der Waals surface area contributed by atoms with Crippen molar-refractivity contribution in [2.45, 2.75) is 32.0 Å². The highest BCUT2D eigenvalue weighted by molar-refractivity contribution is 5.80. The molecule has 1 unspecified atom stereocenters. The van der Waals surface area contributed by atoms with Crippen LogP contribution in [-0.2, 0) is 11.0 Å². The molecule has 0 aromatic heterocycles. The molecule has 1 saturated carbocycles. The summed E-state index contributed by atoms with van der Waals surface area (Å²) in [6, 6.07) is 5.06. The second-order valence-corrected chi connectivity index (χ2v) is 5.36. The van der Waals surface area contributed by atoms with E-state index in [4.69, 9.17) is 0 Å². The topological polar surface area (TPSA) is 41.1 Å². The van der Waals surface area contributed by atoms with Crippen LogP contribution in [0, 0.1) is 5.92 Å². The summed E-state index contributed by atoms with van der Waals surface area (Å²) in [6.45, 7) is 2.99. The van der Waals surface area contributed by atoms with Crippen LogP contribution in [0.3, 0.4) is 0 Å². The molecular weight excluding hydrogens is 281 g/mol. The fraction of sp³-hybridized carbons (Fsp3) is 0.533. The molecule has 0 saturated heterocycles. The summed E-state index contributed by atoms with van der Waals surface area (Å²) in [5.74, 6) is 0.288. The van der Waals surface area contributed by atoms with Crippen LogP contribution in [0.1, 0.15) is 36.9 Å². The van der Waals surface area contributed by atoms with Gasteiger partial charge in [0.05, 0.1) is 5.56 Å². The molecule has 6 heteroatoms. The van der Waals surface area contributed by atoms with Crippen LogP contribution < -0.4 is 10.6 Å². The molecule has 1 aromatic rings. The molecule has 2 rings (SSSR count). The molecule has 1 aliphatic carbocycles. The van der Waals surface area contributed by atoms with Gasteiger partial charge in [-0.15, -0.1) is 0 Å². The van der Waals surface area contributed by atoms with E-state index in [1.807, 2.05) is 6.92 Å². The van der Waals surface area contributed by atoms with E-state index in [1.165, 1.54) is 12.1 Å². The fourth-order valence-electron chi connectivity index (χ4n) is 2.04. The molecule has 1 aliphatic rings. The number of halogens is 3. The number of hydrogen-bond acceptors (Lipinski definition) is 2. The minimum absolute atomic E-state index is 0.0647. The predicted octanol–water partition coefficient (Wildman–Crippen LogP) is 2.88. The van der Waals surface area contributed by atoms with E-state index >= 15 is 0 Å². The third kappa shape index (κ3) is 4.74. The van der Waals surface area contributed by atoms with Crippen molar-refractivity contribution in [3.63, 3.8) is 0 Å². The summed E-state index contributed by atoms with van der Waals surface area (Å²) >= 11 is 0. The third-order valence-electron chi connectivity index (χ3n) is 3.56. The Morgan fingerprint density at radius 1 is 1.24 bits per heavy atom. The van der Waals surface area contributed by atoms with E-state index in [-0.39, 0.29) is 17.9 Å². The highest BCUT2D eigenvalue weighted by Crippen LogP contribution is 2.30. The Bertz CT molecular complexity index is 481. The maximum Gasteiger partial charge on any atom is 0.416 e. The third-order valence-corrected chi connectivity index (χ3v) is 3.56. The summed E-state index contributed by atoms with van der Waals surface area (Å²) < 4.78 is 37.4. The summed E-state index contributed by atoms with van der Waals surface area (Å²) in [5, 5.41) is 6.01. The SMILES string of the molecule is CC(NCCNC(=O)C1CC1)c1ccc(C(F)(F)F)cc1. The van der Waals surface area contributed by atoms with Crippen molar-refractivity contribution in [3.05, 3.63) is 35.4 Å². The molecule has 0 spiro atoms. The van der Waals surface area contributed by atoms with Gasteiger partial charge in [0.25, 0.3) is 0 Å². The summed E-state index contributed by atoms with van der Waals surface area (Å²) in [5.41, 5.74) is 0.145. The molecular formula is C15H19F3N2O. The Hall–Kier alpha value is -1.56. The number of carbonyl (C=O) groups is 1. The van der Waals surface area contributed by atoms with Gasteiger partial charge in [-0.25, -0.2) is 0 Å². The van der Waals surface area contributed by atoms with Crippen molar-refractivity contribution >= 4 is 5.91 Å². The van der Waals surface area contributed by atoms with E-state index in [9.17, 15) is 18.0 Å². The Morgan fingerprint density at radius 2 is 1.86 bits per heavy atom. The quantitative estimate of drug-likeness (QED) is 0.793. The van der Waals surface area contributed by atoms with Crippen molar-refractivity contribution < 1.29 is 18.0 Å². The first-order valence-corrected chi connectivity index (χ1v) is 7.06. The highest BCUT2D eigenvalue weighted by Gasteiger charge is 2.30. The lowest BCUT2D eigenvalue weighted by atomic mass is 10.1. The van der Waals surface area contributed by atoms with E-state index in [2.05, 4.69) is 10.6 Å². The van der Waals surface area contributed by atoms with Crippen molar-refractivity contribution in [3.8, 4) is 0 Å². The zero-order chi connectivity index (χ0) is 15.5. The lowest BCUT2D eigenvalue weighted by molar-refractivity contribution is -0.137. The Labute approximate surface area is 121 Å². The van der Waals surface area contributed by atoms with Crippen LogP contribution in [-0.4, -0.2) is 19.0 Å². The van der Waals surface area contributed by atoms with Crippen molar-refractivity contribution in [1.82, 2.24) is 10.6 Å². The van der Waals surface area contributed by atoms with Crippen LogP contribution in [0.15, 0.2) is 24.3 Å². The van der Waals surface area contributed by atoms with Gasteiger partial charge in [0.2, 0.25) is 5.91 Å². The maximum atomic E-state index is 12.5.